The third kappa shape index (κ3) is 3.78. The minimum absolute atomic E-state index is 0.228. The van der Waals surface area contributed by atoms with Gasteiger partial charge in [0.2, 0.25) is 5.91 Å². The average molecular weight is 355 g/mol. The van der Waals surface area contributed by atoms with Gasteiger partial charge in [0.25, 0.3) is 0 Å². The number of fused-ring (bicyclic) bond motifs is 1. The first kappa shape index (κ1) is 17.2. The van der Waals surface area contributed by atoms with Crippen LogP contribution in [0.3, 0.4) is 0 Å². The summed E-state index contributed by atoms with van der Waals surface area (Å²) >= 11 is 0. The molecule has 0 spiro atoms. The summed E-state index contributed by atoms with van der Waals surface area (Å²) in [6.45, 7) is 4.61. The number of piperazine rings is 1. The molecular formula is C19H25N5O2. The molecule has 1 amide bonds. The van der Waals surface area contributed by atoms with Crippen molar-refractivity contribution in [3.8, 4) is 0 Å². The molecule has 2 saturated heterocycles. The standard InChI is InChI=1S/C19H25N5O2/c25-19(7-4-8-23-15-20-14-21-23)22-9-10-24-17(11-22)12-26-13-18(24)16-5-2-1-3-6-16/h1-3,5-6,14-15,17-18H,4,7-13H2/t17-,18-/m1/s1. The summed E-state index contributed by atoms with van der Waals surface area (Å²) < 4.78 is 7.63. The molecule has 2 aromatic rings. The molecule has 2 fully saturated rings. The van der Waals surface area contributed by atoms with Gasteiger partial charge in [0.05, 0.1) is 25.3 Å². The molecule has 0 bridgehead atoms. The molecule has 2 aliphatic rings. The van der Waals surface area contributed by atoms with Crippen LogP contribution in [0, 0.1) is 0 Å². The molecule has 0 N–H and O–H groups in total. The van der Waals surface area contributed by atoms with E-state index in [1.165, 1.54) is 11.9 Å². The van der Waals surface area contributed by atoms with Gasteiger partial charge in [0.1, 0.15) is 12.7 Å². The molecule has 2 atom stereocenters. The van der Waals surface area contributed by atoms with Crippen LogP contribution >= 0.6 is 0 Å². The summed E-state index contributed by atoms with van der Waals surface area (Å²) in [6.07, 6.45) is 4.55. The molecule has 2 aliphatic heterocycles. The molecule has 0 aliphatic carbocycles. The lowest BCUT2D eigenvalue weighted by Gasteiger charge is -2.48. The van der Waals surface area contributed by atoms with E-state index < -0.39 is 0 Å². The highest BCUT2D eigenvalue weighted by atomic mass is 16.5. The van der Waals surface area contributed by atoms with Crippen LogP contribution in [0.5, 0.6) is 0 Å². The number of nitrogens with zero attached hydrogens (tertiary/aromatic N) is 5. The van der Waals surface area contributed by atoms with E-state index in [0.717, 1.165) is 39.2 Å². The summed E-state index contributed by atoms with van der Waals surface area (Å²) in [5, 5.41) is 4.07. The molecule has 0 saturated carbocycles. The Labute approximate surface area is 153 Å². The Kier molecular flexibility index (Phi) is 5.26. The van der Waals surface area contributed by atoms with Crippen LogP contribution in [0.2, 0.25) is 0 Å². The molecule has 138 valence electrons. The monoisotopic (exact) mass is 355 g/mol. The number of benzene rings is 1. The number of rotatable bonds is 5. The van der Waals surface area contributed by atoms with Gasteiger partial charge in [-0.05, 0) is 12.0 Å². The lowest BCUT2D eigenvalue weighted by molar-refractivity contribution is -0.140. The van der Waals surface area contributed by atoms with Crippen molar-refractivity contribution in [2.75, 3.05) is 32.8 Å². The van der Waals surface area contributed by atoms with E-state index >= 15 is 0 Å². The van der Waals surface area contributed by atoms with Gasteiger partial charge in [0, 0.05) is 32.6 Å². The Bertz CT molecular complexity index is 706. The number of carbonyl (C=O) groups is 1. The molecule has 7 nitrogen and oxygen atoms in total. The molecule has 4 rings (SSSR count). The zero-order valence-corrected chi connectivity index (χ0v) is 14.9. The smallest absolute Gasteiger partial charge is 0.222 e. The van der Waals surface area contributed by atoms with Gasteiger partial charge in [-0.2, -0.15) is 5.10 Å². The van der Waals surface area contributed by atoms with Crippen LogP contribution in [0.1, 0.15) is 24.4 Å². The number of hydrogen-bond donors (Lipinski definition) is 0. The first-order valence-electron chi connectivity index (χ1n) is 9.30. The van der Waals surface area contributed by atoms with Gasteiger partial charge in [-0.1, -0.05) is 30.3 Å². The van der Waals surface area contributed by atoms with E-state index in [1.54, 1.807) is 11.0 Å². The maximum absolute atomic E-state index is 12.6. The molecular weight excluding hydrogens is 330 g/mol. The Hall–Kier alpha value is -2.25. The second-order valence-corrected chi connectivity index (χ2v) is 6.96. The zero-order valence-electron chi connectivity index (χ0n) is 14.9. The Morgan fingerprint density at radius 1 is 1.19 bits per heavy atom. The van der Waals surface area contributed by atoms with Gasteiger partial charge in [0.15, 0.2) is 0 Å². The highest BCUT2D eigenvalue weighted by Gasteiger charge is 2.37. The maximum atomic E-state index is 12.6. The summed E-state index contributed by atoms with van der Waals surface area (Å²) in [5.74, 6) is 0.228. The fourth-order valence-corrected chi connectivity index (χ4v) is 3.93. The van der Waals surface area contributed by atoms with Crippen LogP contribution in [0.15, 0.2) is 43.0 Å². The van der Waals surface area contributed by atoms with E-state index in [4.69, 9.17) is 4.74 Å². The van der Waals surface area contributed by atoms with Crippen molar-refractivity contribution in [1.29, 1.82) is 0 Å². The molecule has 26 heavy (non-hydrogen) atoms. The topological polar surface area (TPSA) is 63.5 Å². The highest BCUT2D eigenvalue weighted by molar-refractivity contribution is 5.76. The molecule has 0 unspecified atom stereocenters. The predicted molar refractivity (Wildman–Crippen MR) is 96.3 cm³/mol. The largest absolute Gasteiger partial charge is 0.378 e. The van der Waals surface area contributed by atoms with Crippen molar-refractivity contribution in [2.45, 2.75) is 31.5 Å². The van der Waals surface area contributed by atoms with Crippen LogP contribution in [0.25, 0.3) is 0 Å². The Balaban J connectivity index is 1.32. The van der Waals surface area contributed by atoms with Crippen LogP contribution < -0.4 is 0 Å². The summed E-state index contributed by atoms with van der Waals surface area (Å²) in [6, 6.07) is 11.1. The van der Waals surface area contributed by atoms with Crippen molar-refractivity contribution >= 4 is 5.91 Å². The van der Waals surface area contributed by atoms with Crippen molar-refractivity contribution in [3.05, 3.63) is 48.5 Å². The molecule has 7 heteroatoms. The predicted octanol–water partition coefficient (Wildman–Crippen LogP) is 1.34. The summed E-state index contributed by atoms with van der Waals surface area (Å²) in [7, 11) is 0. The quantitative estimate of drug-likeness (QED) is 0.810. The third-order valence-corrected chi connectivity index (χ3v) is 5.30. The molecule has 0 radical (unpaired) electrons. The van der Waals surface area contributed by atoms with Crippen molar-refractivity contribution in [1.82, 2.24) is 24.6 Å². The number of ether oxygens (including phenoxy) is 1. The minimum atomic E-state index is 0.228. The lowest BCUT2D eigenvalue weighted by Crippen LogP contribution is -2.60. The molecule has 1 aromatic heterocycles. The zero-order chi connectivity index (χ0) is 17.8. The average Bonchev–Trinajstić information content (AvgIpc) is 3.21. The van der Waals surface area contributed by atoms with Crippen molar-refractivity contribution in [3.63, 3.8) is 0 Å². The number of hydrogen-bond acceptors (Lipinski definition) is 5. The third-order valence-electron chi connectivity index (χ3n) is 5.30. The Morgan fingerprint density at radius 2 is 2.08 bits per heavy atom. The SMILES string of the molecule is O=C(CCCn1cncn1)N1CCN2[C@@H](COC[C@@H]2c2ccccc2)C1. The van der Waals surface area contributed by atoms with Gasteiger partial charge >= 0.3 is 0 Å². The van der Waals surface area contributed by atoms with Gasteiger partial charge in [-0.15, -0.1) is 0 Å². The number of amides is 1. The number of aromatic nitrogens is 3. The van der Waals surface area contributed by atoms with Gasteiger partial charge in [-0.3, -0.25) is 14.4 Å². The highest BCUT2D eigenvalue weighted by Crippen LogP contribution is 2.29. The summed E-state index contributed by atoms with van der Waals surface area (Å²) in [5.41, 5.74) is 1.30. The first-order chi connectivity index (χ1) is 12.8. The fraction of sp³-hybridized carbons (Fsp3) is 0.526. The minimum Gasteiger partial charge on any atom is -0.378 e. The van der Waals surface area contributed by atoms with E-state index in [0.29, 0.717) is 19.1 Å². The van der Waals surface area contributed by atoms with E-state index in [-0.39, 0.29) is 11.9 Å². The number of aryl methyl sites for hydroxylation is 1. The Morgan fingerprint density at radius 3 is 2.88 bits per heavy atom. The maximum Gasteiger partial charge on any atom is 0.222 e. The first-order valence-corrected chi connectivity index (χ1v) is 9.30. The number of carbonyl (C=O) groups excluding carboxylic acids is 1. The second-order valence-electron chi connectivity index (χ2n) is 6.96. The van der Waals surface area contributed by atoms with Crippen LogP contribution in [-0.2, 0) is 16.1 Å². The molecule has 3 heterocycles. The van der Waals surface area contributed by atoms with Gasteiger partial charge < -0.3 is 9.64 Å². The van der Waals surface area contributed by atoms with Gasteiger partial charge in [-0.25, -0.2) is 4.98 Å². The van der Waals surface area contributed by atoms with Crippen molar-refractivity contribution in [2.24, 2.45) is 0 Å². The second kappa shape index (κ2) is 7.97. The molecule has 1 aromatic carbocycles. The fourth-order valence-electron chi connectivity index (χ4n) is 3.93. The van der Waals surface area contributed by atoms with E-state index in [1.807, 2.05) is 11.0 Å². The van der Waals surface area contributed by atoms with Crippen molar-refractivity contribution < 1.29 is 9.53 Å². The van der Waals surface area contributed by atoms with E-state index in [9.17, 15) is 4.79 Å². The summed E-state index contributed by atoms with van der Waals surface area (Å²) in [4.78, 5) is 21.0. The van der Waals surface area contributed by atoms with E-state index in [2.05, 4.69) is 39.2 Å². The number of morpholine rings is 1. The lowest BCUT2D eigenvalue weighted by atomic mass is 10.00. The van der Waals surface area contributed by atoms with Crippen LogP contribution in [-0.4, -0.2) is 69.4 Å². The normalized spacial score (nSPS) is 23.6. The van der Waals surface area contributed by atoms with Crippen LogP contribution in [0.4, 0.5) is 0 Å².